The van der Waals surface area contributed by atoms with Gasteiger partial charge in [-0.3, -0.25) is 4.79 Å². The Morgan fingerprint density at radius 1 is 1.23 bits per heavy atom. The number of ether oxygens (including phenoxy) is 1. The average molecular weight is 337 g/mol. The smallest absolute Gasteiger partial charge is 0.406 e. The van der Waals surface area contributed by atoms with Crippen LogP contribution < -0.4 is 15.0 Å². The molecule has 0 aliphatic carbocycles. The van der Waals surface area contributed by atoms with E-state index < -0.39 is 6.36 Å². The van der Waals surface area contributed by atoms with Crippen molar-refractivity contribution in [3.05, 3.63) is 23.8 Å². The molecule has 1 aromatic rings. The Kier molecular flexibility index (Phi) is 4.87. The minimum absolute atomic E-state index is 0. The zero-order valence-corrected chi connectivity index (χ0v) is 12.5. The van der Waals surface area contributed by atoms with Crippen LogP contribution in [0.4, 0.5) is 18.9 Å². The van der Waals surface area contributed by atoms with Gasteiger partial charge >= 0.3 is 6.36 Å². The van der Waals surface area contributed by atoms with E-state index in [0.717, 1.165) is 31.5 Å². The molecule has 0 radical (unpaired) electrons. The number of nitrogens with one attached hydrogen (secondary N) is 1. The fraction of sp³-hybridized carbons (Fsp3) is 0.500. The molecule has 1 aromatic carbocycles. The molecule has 1 amide bonds. The van der Waals surface area contributed by atoms with E-state index in [0.29, 0.717) is 5.69 Å². The summed E-state index contributed by atoms with van der Waals surface area (Å²) < 4.78 is 40.9. The Morgan fingerprint density at radius 3 is 2.55 bits per heavy atom. The highest BCUT2D eigenvalue weighted by molar-refractivity contribution is 6.02. The van der Waals surface area contributed by atoms with E-state index >= 15 is 0 Å². The molecule has 1 N–H and O–H groups in total. The number of carbonyl (C=O) groups excluding carboxylic acids is 1. The van der Waals surface area contributed by atoms with Gasteiger partial charge in [-0.05, 0) is 37.6 Å². The number of alkyl halides is 3. The fourth-order valence-corrected chi connectivity index (χ4v) is 2.96. The van der Waals surface area contributed by atoms with Gasteiger partial charge in [0, 0.05) is 12.1 Å². The average Bonchev–Trinajstić information content (AvgIpc) is 2.73. The van der Waals surface area contributed by atoms with Crippen molar-refractivity contribution in [3.8, 4) is 5.75 Å². The van der Waals surface area contributed by atoms with E-state index in [4.69, 9.17) is 0 Å². The summed E-state index contributed by atoms with van der Waals surface area (Å²) in [6.07, 6.45) is -2.88. The molecule has 0 spiro atoms. The van der Waals surface area contributed by atoms with Gasteiger partial charge in [-0.25, -0.2) is 0 Å². The van der Waals surface area contributed by atoms with Crippen LogP contribution in [0.15, 0.2) is 18.2 Å². The Bertz CT molecular complexity index is 560. The molecule has 8 heteroatoms. The van der Waals surface area contributed by atoms with Crippen LogP contribution in [-0.2, 0) is 11.2 Å². The molecule has 0 atom stereocenters. The van der Waals surface area contributed by atoms with Gasteiger partial charge in [-0.15, -0.1) is 25.6 Å². The predicted molar refractivity (Wildman–Crippen MR) is 77.5 cm³/mol. The SMILES string of the molecule is Cl.O=C1Cc2ccc(OC(F)(F)F)cc2N1C1CCNCC1. The van der Waals surface area contributed by atoms with Crippen LogP contribution in [0.3, 0.4) is 0 Å². The number of hydrogen-bond donors (Lipinski definition) is 1. The molecule has 0 aromatic heterocycles. The number of fused-ring (bicyclic) bond motifs is 1. The number of nitrogens with zero attached hydrogens (tertiary/aromatic N) is 1. The number of hydrogen-bond acceptors (Lipinski definition) is 3. The van der Waals surface area contributed by atoms with E-state index in [1.54, 1.807) is 4.90 Å². The number of carbonyl (C=O) groups is 1. The lowest BCUT2D eigenvalue weighted by Crippen LogP contribution is -2.44. The molecule has 0 unspecified atom stereocenters. The second-order valence-electron chi connectivity index (χ2n) is 5.26. The van der Waals surface area contributed by atoms with Crippen molar-refractivity contribution in [3.63, 3.8) is 0 Å². The van der Waals surface area contributed by atoms with Crippen LogP contribution >= 0.6 is 12.4 Å². The second-order valence-corrected chi connectivity index (χ2v) is 5.26. The third-order valence-electron chi connectivity index (χ3n) is 3.83. The minimum atomic E-state index is -4.73. The Labute approximate surface area is 132 Å². The van der Waals surface area contributed by atoms with Crippen molar-refractivity contribution in [1.82, 2.24) is 5.32 Å². The molecule has 122 valence electrons. The summed E-state index contributed by atoms with van der Waals surface area (Å²) in [5.41, 5.74) is 1.31. The standard InChI is InChI=1S/C14H15F3N2O2.ClH/c15-14(16,17)21-11-2-1-9-7-13(20)19(12(9)8-11)10-3-5-18-6-4-10;/h1-2,8,10,18H,3-7H2;1H. The van der Waals surface area contributed by atoms with Gasteiger partial charge in [0.25, 0.3) is 0 Å². The summed E-state index contributed by atoms with van der Waals surface area (Å²) in [5.74, 6) is -0.337. The number of amides is 1. The number of benzene rings is 1. The number of piperidine rings is 1. The maximum absolute atomic E-state index is 12.3. The predicted octanol–water partition coefficient (Wildman–Crippen LogP) is 2.65. The maximum atomic E-state index is 12.3. The lowest BCUT2D eigenvalue weighted by Gasteiger charge is -2.32. The molecule has 2 aliphatic heterocycles. The first-order chi connectivity index (χ1) is 9.94. The molecule has 0 bridgehead atoms. The monoisotopic (exact) mass is 336 g/mol. The van der Waals surface area contributed by atoms with Crippen molar-refractivity contribution in [2.75, 3.05) is 18.0 Å². The maximum Gasteiger partial charge on any atom is 0.573 e. The summed E-state index contributed by atoms with van der Waals surface area (Å²) in [6, 6.07) is 4.15. The third kappa shape index (κ3) is 3.47. The highest BCUT2D eigenvalue weighted by Gasteiger charge is 2.36. The van der Waals surface area contributed by atoms with Gasteiger partial charge in [-0.1, -0.05) is 6.07 Å². The largest absolute Gasteiger partial charge is 0.573 e. The number of halogens is 4. The van der Waals surface area contributed by atoms with Gasteiger partial charge in [0.1, 0.15) is 5.75 Å². The molecule has 3 rings (SSSR count). The topological polar surface area (TPSA) is 41.6 Å². The van der Waals surface area contributed by atoms with Crippen molar-refractivity contribution < 1.29 is 22.7 Å². The summed E-state index contributed by atoms with van der Waals surface area (Å²) in [7, 11) is 0. The summed E-state index contributed by atoms with van der Waals surface area (Å²) in [5, 5.41) is 3.21. The first-order valence-corrected chi connectivity index (χ1v) is 6.85. The van der Waals surface area contributed by atoms with Crippen LogP contribution in [-0.4, -0.2) is 31.4 Å². The molecule has 2 heterocycles. The van der Waals surface area contributed by atoms with Crippen LogP contribution in [0.1, 0.15) is 18.4 Å². The zero-order chi connectivity index (χ0) is 15.0. The molecular formula is C14H16ClF3N2O2. The molecule has 22 heavy (non-hydrogen) atoms. The number of anilines is 1. The van der Waals surface area contributed by atoms with Crippen molar-refractivity contribution in [2.24, 2.45) is 0 Å². The molecule has 4 nitrogen and oxygen atoms in total. The quantitative estimate of drug-likeness (QED) is 0.902. The lowest BCUT2D eigenvalue weighted by molar-refractivity contribution is -0.274. The lowest BCUT2D eigenvalue weighted by atomic mass is 10.0. The van der Waals surface area contributed by atoms with E-state index in [2.05, 4.69) is 10.1 Å². The van der Waals surface area contributed by atoms with Gasteiger partial charge in [-0.2, -0.15) is 0 Å². The molecule has 2 aliphatic rings. The third-order valence-corrected chi connectivity index (χ3v) is 3.83. The van der Waals surface area contributed by atoms with Crippen LogP contribution in [0, 0.1) is 0 Å². The normalized spacial score (nSPS) is 18.9. The first-order valence-electron chi connectivity index (χ1n) is 6.85. The highest BCUT2D eigenvalue weighted by Crippen LogP contribution is 2.36. The van der Waals surface area contributed by atoms with E-state index in [1.807, 2.05) is 0 Å². The Morgan fingerprint density at radius 2 is 1.91 bits per heavy atom. The van der Waals surface area contributed by atoms with E-state index in [1.165, 1.54) is 18.2 Å². The second kappa shape index (κ2) is 6.34. The fourth-order valence-electron chi connectivity index (χ4n) is 2.96. The van der Waals surface area contributed by atoms with E-state index in [9.17, 15) is 18.0 Å². The summed E-state index contributed by atoms with van der Waals surface area (Å²) >= 11 is 0. The van der Waals surface area contributed by atoms with Crippen LogP contribution in [0.25, 0.3) is 0 Å². The molecular weight excluding hydrogens is 321 g/mol. The molecule has 0 saturated carbocycles. The molecule has 1 fully saturated rings. The van der Waals surface area contributed by atoms with Crippen molar-refractivity contribution >= 4 is 24.0 Å². The highest BCUT2D eigenvalue weighted by atomic mass is 35.5. The minimum Gasteiger partial charge on any atom is -0.406 e. The zero-order valence-electron chi connectivity index (χ0n) is 11.7. The van der Waals surface area contributed by atoms with Crippen molar-refractivity contribution in [1.29, 1.82) is 0 Å². The van der Waals surface area contributed by atoms with Gasteiger partial charge < -0.3 is 15.0 Å². The summed E-state index contributed by atoms with van der Waals surface area (Å²) in [4.78, 5) is 13.8. The van der Waals surface area contributed by atoms with Gasteiger partial charge in [0.05, 0.1) is 12.1 Å². The first kappa shape index (κ1) is 16.9. The van der Waals surface area contributed by atoms with Crippen molar-refractivity contribution in [2.45, 2.75) is 31.7 Å². The van der Waals surface area contributed by atoms with Crippen LogP contribution in [0.2, 0.25) is 0 Å². The summed E-state index contributed by atoms with van der Waals surface area (Å²) in [6.45, 7) is 1.62. The van der Waals surface area contributed by atoms with E-state index in [-0.39, 0.29) is 36.5 Å². The van der Waals surface area contributed by atoms with Gasteiger partial charge in [0.15, 0.2) is 0 Å². The molecule has 1 saturated heterocycles. The Balaban J connectivity index is 0.00000176. The Hall–Kier alpha value is -1.47. The van der Waals surface area contributed by atoms with Crippen LogP contribution in [0.5, 0.6) is 5.75 Å². The van der Waals surface area contributed by atoms with Gasteiger partial charge in [0.2, 0.25) is 5.91 Å². The number of rotatable bonds is 2.